The summed E-state index contributed by atoms with van der Waals surface area (Å²) in [5, 5.41) is 22.0. The van der Waals surface area contributed by atoms with Crippen LogP contribution in [0.4, 0.5) is 5.69 Å². The van der Waals surface area contributed by atoms with Crippen LogP contribution in [0.2, 0.25) is 0 Å². The van der Waals surface area contributed by atoms with Crippen LogP contribution < -0.4 is 5.32 Å². The van der Waals surface area contributed by atoms with E-state index >= 15 is 0 Å². The van der Waals surface area contributed by atoms with Gasteiger partial charge in [-0.3, -0.25) is 4.79 Å². The first-order chi connectivity index (χ1) is 13.0. The molecule has 0 fully saturated rings. The first-order valence-corrected chi connectivity index (χ1v) is 8.38. The molecule has 1 aromatic heterocycles. The van der Waals surface area contributed by atoms with E-state index < -0.39 is 11.9 Å². The van der Waals surface area contributed by atoms with E-state index in [-0.39, 0.29) is 11.1 Å². The third-order valence-electron chi connectivity index (χ3n) is 4.19. The van der Waals surface area contributed by atoms with Crippen molar-refractivity contribution in [2.24, 2.45) is 0 Å². The van der Waals surface area contributed by atoms with Gasteiger partial charge in [0.25, 0.3) is 5.91 Å². The highest BCUT2D eigenvalue weighted by atomic mass is 16.4. The largest absolute Gasteiger partial charge is 0.478 e. The molecular weight excluding hydrogens is 342 g/mol. The molecule has 134 valence electrons. The van der Waals surface area contributed by atoms with Crippen LogP contribution in [0.3, 0.4) is 0 Å². The van der Waals surface area contributed by atoms with E-state index in [1.54, 1.807) is 12.1 Å². The van der Waals surface area contributed by atoms with Crippen LogP contribution in [0, 0.1) is 11.3 Å². The van der Waals surface area contributed by atoms with Crippen molar-refractivity contribution < 1.29 is 14.7 Å². The number of aryl methyl sites for hydroxylation is 1. The molecule has 2 aromatic carbocycles. The lowest BCUT2D eigenvalue weighted by Crippen LogP contribution is -2.13. The van der Waals surface area contributed by atoms with Gasteiger partial charge in [0.15, 0.2) is 0 Å². The zero-order valence-electron chi connectivity index (χ0n) is 14.6. The second kappa shape index (κ2) is 7.58. The molecule has 0 atom stereocenters. The number of nitriles is 1. The van der Waals surface area contributed by atoms with Crippen LogP contribution in [0.25, 0.3) is 17.0 Å². The molecule has 1 amide bonds. The standard InChI is InChI=1S/C21H17N3O3/c1-2-24-13-16(18-8-3-4-9-19(18)24)10-15(12-22)20(25)23-17-7-5-6-14(11-17)21(26)27/h3-11,13H,2H2,1H3,(H,23,25)(H,26,27)/b15-10-. The number of nitrogens with one attached hydrogen (secondary N) is 1. The highest BCUT2D eigenvalue weighted by Gasteiger charge is 2.13. The van der Waals surface area contributed by atoms with Gasteiger partial charge in [-0.05, 0) is 37.3 Å². The summed E-state index contributed by atoms with van der Waals surface area (Å²) in [6.07, 6.45) is 3.45. The van der Waals surface area contributed by atoms with Crippen LogP contribution in [0.5, 0.6) is 0 Å². The molecule has 0 saturated carbocycles. The Labute approximate surface area is 156 Å². The number of fused-ring (bicyclic) bond motifs is 1. The summed E-state index contributed by atoms with van der Waals surface area (Å²) in [6.45, 7) is 2.79. The number of benzene rings is 2. The number of para-hydroxylation sites is 1. The molecule has 0 aliphatic carbocycles. The summed E-state index contributed by atoms with van der Waals surface area (Å²) >= 11 is 0. The second-order valence-electron chi connectivity index (χ2n) is 5.90. The summed E-state index contributed by atoms with van der Waals surface area (Å²) in [7, 11) is 0. The molecule has 0 bridgehead atoms. The van der Waals surface area contributed by atoms with E-state index in [0.717, 1.165) is 23.0 Å². The van der Waals surface area contributed by atoms with Gasteiger partial charge in [0, 0.05) is 34.9 Å². The summed E-state index contributed by atoms with van der Waals surface area (Å²) in [4.78, 5) is 23.5. The van der Waals surface area contributed by atoms with E-state index in [0.29, 0.717) is 5.69 Å². The van der Waals surface area contributed by atoms with Crippen molar-refractivity contribution >= 4 is 34.5 Å². The molecule has 0 aliphatic heterocycles. The lowest BCUT2D eigenvalue weighted by atomic mass is 10.1. The molecule has 0 saturated heterocycles. The Bertz CT molecular complexity index is 1100. The fourth-order valence-corrected chi connectivity index (χ4v) is 2.88. The van der Waals surface area contributed by atoms with Crippen molar-refractivity contribution in [3.05, 3.63) is 71.4 Å². The number of carbonyl (C=O) groups excluding carboxylic acids is 1. The predicted octanol–water partition coefficient (Wildman–Crippen LogP) is 3.91. The minimum absolute atomic E-state index is 0.0568. The van der Waals surface area contributed by atoms with Gasteiger partial charge < -0.3 is 15.0 Å². The highest BCUT2D eigenvalue weighted by Crippen LogP contribution is 2.24. The van der Waals surface area contributed by atoms with E-state index in [2.05, 4.69) is 5.32 Å². The SMILES string of the molecule is CCn1cc(/C=C(/C#N)C(=O)Nc2cccc(C(=O)O)c2)c2ccccc21. The third kappa shape index (κ3) is 3.72. The number of carbonyl (C=O) groups is 2. The minimum Gasteiger partial charge on any atom is -0.478 e. The van der Waals surface area contributed by atoms with Crippen molar-refractivity contribution in [2.75, 3.05) is 5.32 Å². The van der Waals surface area contributed by atoms with Crippen molar-refractivity contribution in [1.82, 2.24) is 4.57 Å². The first-order valence-electron chi connectivity index (χ1n) is 8.38. The van der Waals surface area contributed by atoms with Crippen LogP contribution in [-0.4, -0.2) is 21.6 Å². The molecule has 6 heteroatoms. The van der Waals surface area contributed by atoms with Gasteiger partial charge in [-0.25, -0.2) is 4.79 Å². The lowest BCUT2D eigenvalue weighted by Gasteiger charge is -2.05. The van der Waals surface area contributed by atoms with Crippen molar-refractivity contribution in [3.8, 4) is 6.07 Å². The number of carboxylic acids is 1. The first kappa shape index (κ1) is 18.0. The molecule has 2 N–H and O–H groups in total. The zero-order chi connectivity index (χ0) is 19.4. The number of aromatic nitrogens is 1. The van der Waals surface area contributed by atoms with Gasteiger partial charge in [0.2, 0.25) is 0 Å². The molecular formula is C21H17N3O3. The van der Waals surface area contributed by atoms with Crippen LogP contribution in [0.1, 0.15) is 22.8 Å². The molecule has 3 rings (SSSR count). The molecule has 0 spiro atoms. The molecule has 27 heavy (non-hydrogen) atoms. The molecule has 0 aliphatic rings. The number of carboxylic acid groups (broad SMARTS) is 1. The maximum Gasteiger partial charge on any atom is 0.335 e. The monoisotopic (exact) mass is 359 g/mol. The Morgan fingerprint density at radius 2 is 2.00 bits per heavy atom. The minimum atomic E-state index is -1.09. The van der Waals surface area contributed by atoms with Gasteiger partial charge in [-0.1, -0.05) is 24.3 Å². The second-order valence-corrected chi connectivity index (χ2v) is 5.90. The average Bonchev–Trinajstić information content (AvgIpc) is 3.04. The quantitative estimate of drug-likeness (QED) is 0.533. The highest BCUT2D eigenvalue weighted by molar-refractivity contribution is 6.11. The molecule has 3 aromatic rings. The Morgan fingerprint density at radius 1 is 1.22 bits per heavy atom. The van der Waals surface area contributed by atoms with E-state index in [4.69, 9.17) is 5.11 Å². The predicted molar refractivity (Wildman–Crippen MR) is 103 cm³/mol. The number of nitrogens with zero attached hydrogens (tertiary/aromatic N) is 2. The molecule has 1 heterocycles. The van der Waals surface area contributed by atoms with E-state index in [1.165, 1.54) is 18.2 Å². The van der Waals surface area contributed by atoms with Gasteiger partial charge in [0.1, 0.15) is 11.6 Å². The smallest absolute Gasteiger partial charge is 0.335 e. The van der Waals surface area contributed by atoms with Gasteiger partial charge in [0.05, 0.1) is 5.56 Å². The topological polar surface area (TPSA) is 95.1 Å². The number of hydrogen-bond acceptors (Lipinski definition) is 3. The van der Waals surface area contributed by atoms with Crippen molar-refractivity contribution in [3.63, 3.8) is 0 Å². The normalized spacial score (nSPS) is 11.2. The van der Waals surface area contributed by atoms with Crippen molar-refractivity contribution in [2.45, 2.75) is 13.5 Å². The summed E-state index contributed by atoms with van der Waals surface area (Å²) < 4.78 is 2.05. The maximum atomic E-state index is 12.5. The summed E-state index contributed by atoms with van der Waals surface area (Å²) in [5.74, 6) is -1.68. The maximum absolute atomic E-state index is 12.5. The molecule has 0 unspecified atom stereocenters. The Balaban J connectivity index is 1.93. The fourth-order valence-electron chi connectivity index (χ4n) is 2.88. The Hall–Kier alpha value is -3.85. The number of rotatable bonds is 5. The molecule has 0 radical (unpaired) electrons. The molecule has 6 nitrogen and oxygen atoms in total. The van der Waals surface area contributed by atoms with Gasteiger partial charge in [-0.2, -0.15) is 5.26 Å². The number of aromatic carboxylic acids is 1. The average molecular weight is 359 g/mol. The zero-order valence-corrected chi connectivity index (χ0v) is 14.6. The van der Waals surface area contributed by atoms with E-state index in [1.807, 2.05) is 48.0 Å². The number of hydrogen-bond donors (Lipinski definition) is 2. The van der Waals surface area contributed by atoms with Crippen molar-refractivity contribution in [1.29, 1.82) is 5.26 Å². The van der Waals surface area contributed by atoms with Gasteiger partial charge >= 0.3 is 5.97 Å². The van der Waals surface area contributed by atoms with Gasteiger partial charge in [-0.15, -0.1) is 0 Å². The summed E-state index contributed by atoms with van der Waals surface area (Å²) in [5.41, 5.74) is 2.12. The van der Waals surface area contributed by atoms with E-state index in [9.17, 15) is 14.9 Å². The number of anilines is 1. The summed E-state index contributed by atoms with van der Waals surface area (Å²) in [6, 6.07) is 15.6. The number of amides is 1. The van der Waals surface area contributed by atoms with Crippen LogP contribution in [0.15, 0.2) is 60.3 Å². The van der Waals surface area contributed by atoms with Crippen LogP contribution >= 0.6 is 0 Å². The Kier molecular flexibility index (Phi) is 5.04. The van der Waals surface area contributed by atoms with Crippen LogP contribution in [-0.2, 0) is 11.3 Å². The Morgan fingerprint density at radius 3 is 2.70 bits per heavy atom. The lowest BCUT2D eigenvalue weighted by molar-refractivity contribution is -0.112. The fraction of sp³-hybridized carbons (Fsp3) is 0.0952. The third-order valence-corrected chi connectivity index (χ3v) is 4.19.